The van der Waals surface area contributed by atoms with Crippen LogP contribution in [-0.4, -0.2) is 37.7 Å². The van der Waals surface area contributed by atoms with Crippen molar-refractivity contribution in [3.8, 4) is 0 Å². The molecule has 7 heteroatoms. The number of thioether (sulfide) groups is 1. The molecule has 1 saturated heterocycles. The lowest BCUT2D eigenvalue weighted by atomic mass is 10.2. The Kier molecular flexibility index (Phi) is 5.64. The van der Waals surface area contributed by atoms with Crippen molar-refractivity contribution in [1.29, 1.82) is 0 Å². The summed E-state index contributed by atoms with van der Waals surface area (Å²) in [6, 6.07) is 1.51. The van der Waals surface area contributed by atoms with E-state index in [9.17, 15) is 9.90 Å². The van der Waals surface area contributed by atoms with Gasteiger partial charge in [0.05, 0.1) is 12.7 Å². The second-order valence-electron chi connectivity index (χ2n) is 3.68. The summed E-state index contributed by atoms with van der Waals surface area (Å²) in [5.41, 5.74) is 4.90. The Hall–Kier alpha value is -1.05. The van der Waals surface area contributed by atoms with Crippen molar-refractivity contribution in [3.63, 3.8) is 0 Å². The molecule has 1 aliphatic heterocycles. The molecule has 3 unspecified atom stereocenters. The predicted octanol–water partition coefficient (Wildman–Crippen LogP) is 0.209. The standard InChI is InChI=1S/C9H13N3O3S.C2H6/c10-7-1-2-12(9(15)11-7)8-6(14)3-5(4-13)16-8;1-2/h1-2,5-6,8,13-14H,3-4H2,(H2,10,11,15);1-2H3. The maximum atomic E-state index is 11.6. The molecule has 0 aliphatic carbocycles. The third-order valence-corrected chi connectivity index (χ3v) is 4.04. The van der Waals surface area contributed by atoms with Crippen LogP contribution in [0, 0.1) is 0 Å². The Balaban J connectivity index is 0.000000771. The third kappa shape index (κ3) is 3.24. The quantitative estimate of drug-likeness (QED) is 0.712. The van der Waals surface area contributed by atoms with E-state index in [1.807, 2.05) is 13.8 Å². The highest BCUT2D eigenvalue weighted by Crippen LogP contribution is 2.40. The van der Waals surface area contributed by atoms with Crippen LogP contribution in [0.15, 0.2) is 17.1 Å². The molecule has 102 valence electrons. The Morgan fingerprint density at radius 2 is 2.28 bits per heavy atom. The fourth-order valence-electron chi connectivity index (χ4n) is 1.72. The van der Waals surface area contributed by atoms with Gasteiger partial charge in [-0.2, -0.15) is 4.98 Å². The SMILES string of the molecule is CC.Nc1ccn(C2SC(CO)CC2O)c(=O)n1. The molecule has 2 rings (SSSR count). The number of aliphatic hydroxyl groups excluding tert-OH is 2. The van der Waals surface area contributed by atoms with Crippen LogP contribution in [0.25, 0.3) is 0 Å². The van der Waals surface area contributed by atoms with Gasteiger partial charge >= 0.3 is 5.69 Å². The molecule has 18 heavy (non-hydrogen) atoms. The molecule has 1 aromatic rings. The van der Waals surface area contributed by atoms with Crippen molar-refractivity contribution in [2.75, 3.05) is 12.3 Å². The summed E-state index contributed by atoms with van der Waals surface area (Å²) in [6.07, 6.45) is 1.35. The minimum atomic E-state index is -0.648. The molecule has 0 amide bonds. The summed E-state index contributed by atoms with van der Waals surface area (Å²) in [4.78, 5) is 15.2. The summed E-state index contributed by atoms with van der Waals surface area (Å²) >= 11 is 1.37. The van der Waals surface area contributed by atoms with Crippen molar-refractivity contribution in [2.24, 2.45) is 0 Å². The van der Waals surface area contributed by atoms with Gasteiger partial charge in [0.1, 0.15) is 11.2 Å². The highest BCUT2D eigenvalue weighted by molar-refractivity contribution is 8.00. The number of nitrogens with zero attached hydrogens (tertiary/aromatic N) is 2. The van der Waals surface area contributed by atoms with E-state index in [2.05, 4.69) is 4.98 Å². The summed E-state index contributed by atoms with van der Waals surface area (Å²) in [5.74, 6) is 0.164. The predicted molar refractivity (Wildman–Crippen MR) is 72.4 cm³/mol. The first kappa shape index (κ1) is 15.0. The molecule has 1 fully saturated rings. The van der Waals surface area contributed by atoms with Crippen LogP contribution in [0.5, 0.6) is 0 Å². The lowest BCUT2D eigenvalue weighted by molar-refractivity contribution is 0.142. The van der Waals surface area contributed by atoms with E-state index >= 15 is 0 Å². The fraction of sp³-hybridized carbons (Fsp3) is 0.636. The zero-order chi connectivity index (χ0) is 13.7. The van der Waals surface area contributed by atoms with E-state index in [0.717, 1.165) is 0 Å². The molecule has 1 aliphatic rings. The molecule has 3 atom stereocenters. The highest BCUT2D eigenvalue weighted by Gasteiger charge is 2.35. The van der Waals surface area contributed by atoms with Crippen LogP contribution < -0.4 is 11.4 Å². The first-order valence-corrected chi connectivity index (χ1v) is 6.85. The molecule has 6 nitrogen and oxygen atoms in total. The second-order valence-corrected chi connectivity index (χ2v) is 5.10. The first-order chi connectivity index (χ1) is 8.61. The van der Waals surface area contributed by atoms with Crippen LogP contribution in [0.3, 0.4) is 0 Å². The fourth-order valence-corrected chi connectivity index (χ4v) is 3.09. The Morgan fingerprint density at radius 3 is 2.78 bits per heavy atom. The largest absolute Gasteiger partial charge is 0.395 e. The van der Waals surface area contributed by atoms with Crippen LogP contribution >= 0.6 is 11.8 Å². The molecule has 0 saturated carbocycles. The molecule has 0 radical (unpaired) electrons. The zero-order valence-corrected chi connectivity index (χ0v) is 11.3. The van der Waals surface area contributed by atoms with E-state index in [0.29, 0.717) is 6.42 Å². The second kappa shape index (κ2) is 6.77. The van der Waals surface area contributed by atoms with Crippen LogP contribution in [0.2, 0.25) is 0 Å². The van der Waals surface area contributed by atoms with Crippen molar-refractivity contribution in [2.45, 2.75) is 37.0 Å². The summed E-state index contributed by atoms with van der Waals surface area (Å²) < 4.78 is 1.35. The van der Waals surface area contributed by atoms with Crippen molar-refractivity contribution in [1.82, 2.24) is 9.55 Å². The minimum Gasteiger partial charge on any atom is -0.395 e. The Morgan fingerprint density at radius 1 is 1.61 bits per heavy atom. The van der Waals surface area contributed by atoms with Gasteiger partial charge in [-0.1, -0.05) is 13.8 Å². The molecule has 0 bridgehead atoms. The monoisotopic (exact) mass is 273 g/mol. The topological polar surface area (TPSA) is 101 Å². The van der Waals surface area contributed by atoms with Gasteiger partial charge in [-0.3, -0.25) is 4.57 Å². The number of nitrogens with two attached hydrogens (primary N) is 1. The summed E-state index contributed by atoms with van der Waals surface area (Å²) in [7, 11) is 0. The van der Waals surface area contributed by atoms with Crippen LogP contribution in [0.1, 0.15) is 25.6 Å². The average molecular weight is 273 g/mol. The number of aromatic nitrogens is 2. The third-order valence-electron chi connectivity index (χ3n) is 2.49. The van der Waals surface area contributed by atoms with Crippen LogP contribution in [-0.2, 0) is 0 Å². The Labute approximate surface area is 110 Å². The molecular formula is C11H19N3O3S. The van der Waals surface area contributed by atoms with Gasteiger partial charge in [0.2, 0.25) is 0 Å². The van der Waals surface area contributed by atoms with Gasteiger partial charge in [-0.15, -0.1) is 11.8 Å². The number of hydrogen-bond donors (Lipinski definition) is 3. The molecule has 1 aromatic heterocycles. The molecule has 0 aromatic carbocycles. The summed E-state index contributed by atoms with van der Waals surface area (Å²) in [6.45, 7) is 4.00. The van der Waals surface area contributed by atoms with Gasteiger partial charge < -0.3 is 15.9 Å². The van der Waals surface area contributed by atoms with E-state index < -0.39 is 17.2 Å². The number of anilines is 1. The van der Waals surface area contributed by atoms with E-state index in [1.165, 1.54) is 28.6 Å². The van der Waals surface area contributed by atoms with Crippen LogP contribution in [0.4, 0.5) is 5.82 Å². The molecular weight excluding hydrogens is 254 g/mol. The highest BCUT2D eigenvalue weighted by atomic mass is 32.2. The average Bonchev–Trinajstić information content (AvgIpc) is 2.73. The number of aliphatic hydroxyl groups is 2. The van der Waals surface area contributed by atoms with Gasteiger partial charge in [0.25, 0.3) is 0 Å². The molecule has 2 heterocycles. The van der Waals surface area contributed by atoms with Crippen molar-refractivity contribution in [3.05, 3.63) is 22.7 Å². The van der Waals surface area contributed by atoms with Crippen molar-refractivity contribution < 1.29 is 10.2 Å². The Bertz CT molecular complexity index is 438. The maximum absolute atomic E-state index is 11.6. The smallest absolute Gasteiger partial charge is 0.350 e. The van der Waals surface area contributed by atoms with E-state index in [-0.39, 0.29) is 17.7 Å². The first-order valence-electron chi connectivity index (χ1n) is 5.91. The maximum Gasteiger partial charge on any atom is 0.350 e. The number of hydrogen-bond acceptors (Lipinski definition) is 6. The van der Waals surface area contributed by atoms with Crippen molar-refractivity contribution >= 4 is 17.6 Å². The van der Waals surface area contributed by atoms with Gasteiger partial charge in [-0.05, 0) is 12.5 Å². The molecule has 4 N–H and O–H groups in total. The van der Waals surface area contributed by atoms with E-state index in [4.69, 9.17) is 10.8 Å². The lowest BCUT2D eigenvalue weighted by Gasteiger charge is -2.16. The van der Waals surface area contributed by atoms with Gasteiger partial charge in [0, 0.05) is 11.4 Å². The van der Waals surface area contributed by atoms with Gasteiger partial charge in [-0.25, -0.2) is 4.79 Å². The number of rotatable bonds is 2. The number of nitrogen functional groups attached to an aromatic ring is 1. The molecule has 0 spiro atoms. The minimum absolute atomic E-state index is 0.00459. The summed E-state index contributed by atoms with van der Waals surface area (Å²) in [5, 5.41) is 18.4. The zero-order valence-electron chi connectivity index (χ0n) is 10.5. The lowest BCUT2D eigenvalue weighted by Crippen LogP contribution is -2.29. The van der Waals surface area contributed by atoms with Gasteiger partial charge in [0.15, 0.2) is 0 Å². The van der Waals surface area contributed by atoms with E-state index in [1.54, 1.807) is 0 Å². The normalized spacial score (nSPS) is 26.6.